The summed E-state index contributed by atoms with van der Waals surface area (Å²) in [5.74, 6) is -0.467. The fourth-order valence-corrected chi connectivity index (χ4v) is 2.96. The zero-order valence-corrected chi connectivity index (χ0v) is 14.8. The van der Waals surface area contributed by atoms with E-state index in [1.165, 1.54) is 0 Å². The highest BCUT2D eigenvalue weighted by atomic mass is 16.5. The summed E-state index contributed by atoms with van der Waals surface area (Å²) in [6.07, 6.45) is 1.93. The van der Waals surface area contributed by atoms with E-state index in [9.17, 15) is 14.4 Å². The van der Waals surface area contributed by atoms with Gasteiger partial charge in [-0.1, -0.05) is 12.1 Å². The van der Waals surface area contributed by atoms with Gasteiger partial charge in [-0.25, -0.2) is 4.79 Å². The fourth-order valence-electron chi connectivity index (χ4n) is 2.96. The summed E-state index contributed by atoms with van der Waals surface area (Å²) in [6.45, 7) is 3.81. The lowest BCUT2D eigenvalue weighted by Gasteiger charge is -2.15. The van der Waals surface area contributed by atoms with Crippen LogP contribution in [0, 0.1) is 6.92 Å². The van der Waals surface area contributed by atoms with Crippen LogP contribution in [0.5, 0.6) is 0 Å². The molecule has 0 atom stereocenters. The lowest BCUT2D eigenvalue weighted by atomic mass is 10.1. The Labute approximate surface area is 150 Å². The molecule has 2 aromatic rings. The number of esters is 1. The van der Waals surface area contributed by atoms with E-state index >= 15 is 0 Å². The van der Waals surface area contributed by atoms with Crippen LogP contribution in [-0.2, 0) is 16.0 Å². The van der Waals surface area contributed by atoms with E-state index in [0.29, 0.717) is 36.4 Å². The summed E-state index contributed by atoms with van der Waals surface area (Å²) in [5, 5.41) is 3.80. The molecule has 3 rings (SSSR count). The van der Waals surface area contributed by atoms with Crippen molar-refractivity contribution in [2.45, 2.75) is 33.1 Å². The zero-order chi connectivity index (χ0) is 18.7. The molecule has 7 heteroatoms. The van der Waals surface area contributed by atoms with Gasteiger partial charge in [0.2, 0.25) is 5.91 Å². The van der Waals surface area contributed by atoms with Crippen LogP contribution in [0.25, 0.3) is 0 Å². The number of anilines is 1. The minimum Gasteiger partial charge on any atom is -0.454 e. The molecule has 1 aliphatic rings. The smallest absolute Gasteiger partial charge is 0.344 e. The van der Waals surface area contributed by atoms with Crippen molar-refractivity contribution < 1.29 is 23.6 Å². The maximum Gasteiger partial charge on any atom is 0.344 e. The van der Waals surface area contributed by atoms with Crippen molar-refractivity contribution in [1.29, 1.82) is 0 Å². The second-order valence-electron chi connectivity index (χ2n) is 6.11. The van der Waals surface area contributed by atoms with Crippen LogP contribution in [0.2, 0.25) is 0 Å². The Morgan fingerprint density at radius 1 is 1.27 bits per heavy atom. The molecule has 2 heterocycles. The number of nitrogens with zero attached hydrogens (tertiary/aromatic N) is 2. The maximum atomic E-state index is 12.3. The Bertz CT molecular complexity index is 838. The molecule has 0 unspecified atom stereocenters. The zero-order valence-electron chi connectivity index (χ0n) is 14.8. The molecule has 1 amide bonds. The van der Waals surface area contributed by atoms with Crippen molar-refractivity contribution in [1.82, 2.24) is 5.16 Å². The Kier molecular flexibility index (Phi) is 5.16. The molecule has 7 nitrogen and oxygen atoms in total. The highest BCUT2D eigenvalue weighted by Gasteiger charge is 2.23. The molecule has 136 valence electrons. The minimum absolute atomic E-state index is 0.0915. The molecule has 0 N–H and O–H groups in total. The summed E-state index contributed by atoms with van der Waals surface area (Å²) in [7, 11) is 0. The van der Waals surface area contributed by atoms with Gasteiger partial charge in [-0.2, -0.15) is 0 Å². The standard InChI is InChI=1S/C19H20N2O5/c1-3-15-18(12(2)26-20-15)19(24)25-11-16(22)13-6-8-14(9-7-13)21-10-4-5-17(21)23/h6-9H,3-5,10-11H2,1-2H3. The monoisotopic (exact) mass is 356 g/mol. The van der Waals surface area contributed by atoms with Gasteiger partial charge in [0.15, 0.2) is 12.4 Å². The highest BCUT2D eigenvalue weighted by Crippen LogP contribution is 2.22. The molecule has 0 aliphatic carbocycles. The van der Waals surface area contributed by atoms with Gasteiger partial charge in [-0.05, 0) is 44.0 Å². The lowest BCUT2D eigenvalue weighted by Crippen LogP contribution is -2.23. The Morgan fingerprint density at radius 2 is 2.00 bits per heavy atom. The number of carbonyl (C=O) groups excluding carboxylic acids is 3. The molecule has 1 aromatic carbocycles. The molecular weight excluding hydrogens is 336 g/mol. The van der Waals surface area contributed by atoms with E-state index in [0.717, 1.165) is 12.1 Å². The van der Waals surface area contributed by atoms with Crippen LogP contribution in [0.3, 0.4) is 0 Å². The van der Waals surface area contributed by atoms with Gasteiger partial charge in [0.1, 0.15) is 11.3 Å². The van der Waals surface area contributed by atoms with Gasteiger partial charge in [-0.15, -0.1) is 0 Å². The third-order valence-corrected chi connectivity index (χ3v) is 4.38. The van der Waals surface area contributed by atoms with Gasteiger partial charge in [0.05, 0.1) is 5.69 Å². The first kappa shape index (κ1) is 17.8. The van der Waals surface area contributed by atoms with Crippen molar-refractivity contribution in [2.24, 2.45) is 0 Å². The molecule has 1 saturated heterocycles. The number of rotatable bonds is 6. The number of hydrogen-bond donors (Lipinski definition) is 0. The average Bonchev–Trinajstić information content (AvgIpc) is 3.24. The first-order valence-electron chi connectivity index (χ1n) is 8.57. The van der Waals surface area contributed by atoms with E-state index in [4.69, 9.17) is 9.26 Å². The third kappa shape index (κ3) is 3.51. The van der Waals surface area contributed by atoms with Gasteiger partial charge >= 0.3 is 5.97 Å². The van der Waals surface area contributed by atoms with E-state index < -0.39 is 5.97 Å². The third-order valence-electron chi connectivity index (χ3n) is 4.38. The largest absolute Gasteiger partial charge is 0.454 e. The first-order valence-corrected chi connectivity index (χ1v) is 8.57. The van der Waals surface area contributed by atoms with Crippen LogP contribution in [0.15, 0.2) is 28.8 Å². The second-order valence-corrected chi connectivity index (χ2v) is 6.11. The highest BCUT2D eigenvalue weighted by molar-refractivity contribution is 6.00. The second kappa shape index (κ2) is 7.51. The number of hydrogen-bond acceptors (Lipinski definition) is 6. The molecule has 1 aliphatic heterocycles. The summed E-state index contributed by atoms with van der Waals surface area (Å²) >= 11 is 0. The van der Waals surface area contributed by atoms with Gasteiger partial charge < -0.3 is 14.2 Å². The number of ketones is 1. The van der Waals surface area contributed by atoms with Gasteiger partial charge in [-0.3, -0.25) is 9.59 Å². The number of benzene rings is 1. The predicted octanol–water partition coefficient (Wildman–Crippen LogP) is 2.71. The summed E-state index contributed by atoms with van der Waals surface area (Å²) in [4.78, 5) is 37.9. The number of Topliss-reactive ketones (excluding diaryl/α,β-unsaturated/α-hetero) is 1. The number of amides is 1. The SMILES string of the molecule is CCc1noc(C)c1C(=O)OCC(=O)c1ccc(N2CCCC2=O)cc1. The summed E-state index contributed by atoms with van der Waals surface area (Å²) < 4.78 is 10.1. The average molecular weight is 356 g/mol. The number of aryl methyl sites for hydroxylation is 2. The topological polar surface area (TPSA) is 89.7 Å². The van der Waals surface area contributed by atoms with Crippen molar-refractivity contribution in [3.8, 4) is 0 Å². The van der Waals surface area contributed by atoms with Crippen LogP contribution in [0.4, 0.5) is 5.69 Å². The van der Waals surface area contributed by atoms with E-state index in [1.54, 1.807) is 36.1 Å². The van der Waals surface area contributed by atoms with E-state index in [-0.39, 0.29) is 23.9 Å². The molecule has 1 aromatic heterocycles. The van der Waals surface area contributed by atoms with Crippen molar-refractivity contribution in [3.05, 3.63) is 46.8 Å². The van der Waals surface area contributed by atoms with E-state index in [1.807, 2.05) is 6.92 Å². The van der Waals surface area contributed by atoms with Crippen LogP contribution < -0.4 is 4.90 Å². The molecule has 0 saturated carbocycles. The van der Waals surface area contributed by atoms with Crippen molar-refractivity contribution in [2.75, 3.05) is 18.1 Å². The number of carbonyl (C=O) groups is 3. The Hall–Kier alpha value is -2.96. The van der Waals surface area contributed by atoms with Gasteiger partial charge in [0, 0.05) is 24.2 Å². The van der Waals surface area contributed by atoms with Crippen molar-refractivity contribution in [3.63, 3.8) is 0 Å². The number of aromatic nitrogens is 1. The summed E-state index contributed by atoms with van der Waals surface area (Å²) in [6, 6.07) is 6.74. The summed E-state index contributed by atoms with van der Waals surface area (Å²) in [5.41, 5.74) is 1.99. The predicted molar refractivity (Wildman–Crippen MR) is 93.3 cm³/mol. The van der Waals surface area contributed by atoms with Gasteiger partial charge in [0.25, 0.3) is 0 Å². The molecule has 0 radical (unpaired) electrons. The Balaban J connectivity index is 1.62. The van der Waals surface area contributed by atoms with E-state index in [2.05, 4.69) is 5.16 Å². The molecule has 1 fully saturated rings. The van der Waals surface area contributed by atoms with Crippen LogP contribution >= 0.6 is 0 Å². The minimum atomic E-state index is -0.617. The van der Waals surface area contributed by atoms with Crippen molar-refractivity contribution >= 4 is 23.3 Å². The molecular formula is C19H20N2O5. The molecule has 26 heavy (non-hydrogen) atoms. The number of ether oxygens (including phenoxy) is 1. The fraction of sp³-hybridized carbons (Fsp3) is 0.368. The Morgan fingerprint density at radius 3 is 2.62 bits per heavy atom. The van der Waals surface area contributed by atoms with Crippen LogP contribution in [-0.4, -0.2) is 36.0 Å². The normalized spacial score (nSPS) is 13.9. The first-order chi connectivity index (χ1) is 12.5. The molecule has 0 spiro atoms. The molecule has 0 bridgehead atoms. The lowest BCUT2D eigenvalue weighted by molar-refractivity contribution is -0.117. The quantitative estimate of drug-likeness (QED) is 0.584. The van der Waals surface area contributed by atoms with Crippen LogP contribution in [0.1, 0.15) is 51.9 Å². The maximum absolute atomic E-state index is 12.3.